The molecule has 2 fully saturated rings. The van der Waals surface area contributed by atoms with Gasteiger partial charge >= 0.3 is 0 Å². The molecule has 0 radical (unpaired) electrons. The Morgan fingerprint density at radius 3 is 2.47 bits per heavy atom. The first kappa shape index (κ1) is 12.9. The van der Waals surface area contributed by atoms with Crippen LogP contribution in [0.3, 0.4) is 0 Å². The van der Waals surface area contributed by atoms with Gasteiger partial charge in [-0.1, -0.05) is 18.8 Å². The van der Waals surface area contributed by atoms with Gasteiger partial charge < -0.3 is 5.32 Å². The zero-order valence-electron chi connectivity index (χ0n) is 11.1. The Morgan fingerprint density at radius 2 is 1.88 bits per heavy atom. The minimum absolute atomic E-state index is 0.710. The maximum atomic E-state index is 5.35. The van der Waals surface area contributed by atoms with E-state index in [9.17, 15) is 0 Å². The number of rotatable bonds is 4. The highest BCUT2D eigenvalue weighted by Crippen LogP contribution is 2.28. The molecule has 0 aromatic heterocycles. The number of hydrogen-bond donors (Lipinski definition) is 1. The number of hydrogen-bond acceptors (Lipinski definition) is 2. The number of nitrogens with zero attached hydrogens (tertiary/aromatic N) is 1. The summed E-state index contributed by atoms with van der Waals surface area (Å²) in [6, 6.07) is 1.43. The van der Waals surface area contributed by atoms with Crippen LogP contribution in [0, 0.1) is 18.3 Å². The van der Waals surface area contributed by atoms with Crippen molar-refractivity contribution in [3.05, 3.63) is 0 Å². The predicted molar refractivity (Wildman–Crippen MR) is 72.9 cm³/mol. The second kappa shape index (κ2) is 6.42. The summed E-state index contributed by atoms with van der Waals surface area (Å²) in [6.45, 7) is 5.53. The maximum Gasteiger partial charge on any atom is 0.0598 e. The smallest absolute Gasteiger partial charge is 0.0598 e. The quantitative estimate of drug-likeness (QED) is 0.751. The molecule has 2 rings (SSSR count). The van der Waals surface area contributed by atoms with E-state index in [1.165, 1.54) is 51.6 Å². The molecule has 1 aliphatic carbocycles. The first-order chi connectivity index (χ1) is 8.29. The predicted octanol–water partition coefficient (Wildman–Crippen LogP) is 2.25. The van der Waals surface area contributed by atoms with Gasteiger partial charge in [-0.05, 0) is 38.5 Å². The average Bonchev–Trinajstić information content (AvgIpc) is 2.86. The summed E-state index contributed by atoms with van der Waals surface area (Å²) in [5.41, 5.74) is 0. The van der Waals surface area contributed by atoms with Gasteiger partial charge in [-0.15, -0.1) is 6.42 Å². The molecule has 0 amide bonds. The molecule has 0 unspecified atom stereocenters. The SMILES string of the molecule is C#CCN1CCC(N[C@H](C)C2CCCC2)CC1. The van der Waals surface area contributed by atoms with E-state index >= 15 is 0 Å². The van der Waals surface area contributed by atoms with Crippen molar-refractivity contribution in [3.8, 4) is 12.3 Å². The standard InChI is InChI=1S/C15H26N2/c1-3-10-17-11-8-15(9-12-17)16-13(2)14-6-4-5-7-14/h1,13-16H,4-12H2,2H3/t13-/m1/s1. The molecule has 1 saturated heterocycles. The Hall–Kier alpha value is -0.520. The minimum Gasteiger partial charge on any atom is -0.311 e. The van der Waals surface area contributed by atoms with Crippen LogP contribution >= 0.6 is 0 Å². The van der Waals surface area contributed by atoms with Crippen LogP contribution in [0.2, 0.25) is 0 Å². The van der Waals surface area contributed by atoms with Crippen LogP contribution in [0.4, 0.5) is 0 Å². The van der Waals surface area contributed by atoms with E-state index in [1.54, 1.807) is 0 Å². The largest absolute Gasteiger partial charge is 0.311 e. The molecule has 2 aliphatic rings. The van der Waals surface area contributed by atoms with Gasteiger partial charge in [0, 0.05) is 25.2 Å². The van der Waals surface area contributed by atoms with Gasteiger partial charge in [0.15, 0.2) is 0 Å². The van der Waals surface area contributed by atoms with Crippen molar-refractivity contribution < 1.29 is 0 Å². The third-order valence-corrected chi connectivity index (χ3v) is 4.51. The molecule has 17 heavy (non-hydrogen) atoms. The molecule has 2 heteroatoms. The van der Waals surface area contributed by atoms with E-state index in [0.29, 0.717) is 6.04 Å². The van der Waals surface area contributed by atoms with Gasteiger partial charge in [-0.25, -0.2) is 0 Å². The van der Waals surface area contributed by atoms with Gasteiger partial charge in [-0.3, -0.25) is 4.90 Å². The highest BCUT2D eigenvalue weighted by molar-refractivity contribution is 4.91. The molecule has 1 saturated carbocycles. The molecule has 1 N–H and O–H groups in total. The van der Waals surface area contributed by atoms with Crippen LogP contribution in [-0.4, -0.2) is 36.6 Å². The van der Waals surface area contributed by atoms with Crippen LogP contribution in [0.15, 0.2) is 0 Å². The minimum atomic E-state index is 0.710. The molecule has 0 aromatic rings. The fourth-order valence-corrected chi connectivity index (χ4v) is 3.35. The Labute approximate surface area is 106 Å². The van der Waals surface area contributed by atoms with E-state index < -0.39 is 0 Å². The van der Waals surface area contributed by atoms with Crippen molar-refractivity contribution in [1.82, 2.24) is 10.2 Å². The summed E-state index contributed by atoms with van der Waals surface area (Å²) >= 11 is 0. The van der Waals surface area contributed by atoms with E-state index in [0.717, 1.165) is 18.5 Å². The van der Waals surface area contributed by atoms with Gasteiger partial charge in [0.05, 0.1) is 6.54 Å². The summed E-state index contributed by atoms with van der Waals surface area (Å²) in [7, 11) is 0. The monoisotopic (exact) mass is 234 g/mol. The Morgan fingerprint density at radius 1 is 1.24 bits per heavy atom. The van der Waals surface area contributed by atoms with Crippen LogP contribution in [0.5, 0.6) is 0 Å². The molecule has 0 spiro atoms. The van der Waals surface area contributed by atoms with Crippen molar-refractivity contribution in [2.24, 2.45) is 5.92 Å². The Bertz CT molecular complexity index is 255. The molecule has 0 aromatic carbocycles. The summed E-state index contributed by atoms with van der Waals surface area (Å²) in [5, 5.41) is 3.85. The molecular weight excluding hydrogens is 208 g/mol. The maximum absolute atomic E-state index is 5.35. The van der Waals surface area contributed by atoms with E-state index in [4.69, 9.17) is 6.42 Å². The lowest BCUT2D eigenvalue weighted by molar-refractivity contribution is 0.200. The van der Waals surface area contributed by atoms with Crippen molar-refractivity contribution in [2.45, 2.75) is 57.5 Å². The molecule has 1 aliphatic heterocycles. The summed E-state index contributed by atoms with van der Waals surface area (Å²) in [4.78, 5) is 2.39. The van der Waals surface area contributed by atoms with E-state index in [2.05, 4.69) is 23.1 Å². The van der Waals surface area contributed by atoms with Crippen molar-refractivity contribution in [3.63, 3.8) is 0 Å². The van der Waals surface area contributed by atoms with Gasteiger partial charge in [0.2, 0.25) is 0 Å². The fraction of sp³-hybridized carbons (Fsp3) is 0.867. The van der Waals surface area contributed by atoms with Gasteiger partial charge in [0.1, 0.15) is 0 Å². The zero-order valence-corrected chi connectivity index (χ0v) is 11.1. The average molecular weight is 234 g/mol. The van der Waals surface area contributed by atoms with Crippen molar-refractivity contribution >= 4 is 0 Å². The Kier molecular flexibility index (Phi) is 4.88. The van der Waals surface area contributed by atoms with Crippen LogP contribution in [0.1, 0.15) is 45.4 Å². The van der Waals surface area contributed by atoms with Gasteiger partial charge in [0.25, 0.3) is 0 Å². The lowest BCUT2D eigenvalue weighted by atomic mass is 9.96. The van der Waals surface area contributed by atoms with Crippen molar-refractivity contribution in [2.75, 3.05) is 19.6 Å². The Balaban J connectivity index is 1.68. The van der Waals surface area contributed by atoms with Gasteiger partial charge in [-0.2, -0.15) is 0 Å². The highest BCUT2D eigenvalue weighted by atomic mass is 15.1. The van der Waals surface area contributed by atoms with Crippen LogP contribution in [-0.2, 0) is 0 Å². The number of piperidine rings is 1. The molecule has 1 heterocycles. The molecule has 96 valence electrons. The third-order valence-electron chi connectivity index (χ3n) is 4.51. The summed E-state index contributed by atoms with van der Waals surface area (Å²) in [6.07, 6.45) is 13.6. The zero-order chi connectivity index (χ0) is 12.1. The number of terminal acetylenes is 1. The fourth-order valence-electron chi connectivity index (χ4n) is 3.35. The topological polar surface area (TPSA) is 15.3 Å². The second-order valence-corrected chi connectivity index (χ2v) is 5.75. The lowest BCUT2D eigenvalue weighted by Gasteiger charge is -2.34. The molecular formula is C15H26N2. The summed E-state index contributed by atoms with van der Waals surface area (Å²) in [5.74, 6) is 3.67. The summed E-state index contributed by atoms with van der Waals surface area (Å²) < 4.78 is 0. The van der Waals surface area contributed by atoms with Crippen molar-refractivity contribution in [1.29, 1.82) is 0 Å². The third kappa shape index (κ3) is 3.72. The first-order valence-electron chi connectivity index (χ1n) is 7.21. The number of nitrogens with one attached hydrogen (secondary N) is 1. The normalized spacial score (nSPS) is 25.9. The first-order valence-corrected chi connectivity index (χ1v) is 7.21. The van der Waals surface area contributed by atoms with E-state index in [-0.39, 0.29) is 0 Å². The molecule has 1 atom stereocenters. The molecule has 2 nitrogen and oxygen atoms in total. The highest BCUT2D eigenvalue weighted by Gasteiger charge is 2.25. The van der Waals surface area contributed by atoms with Crippen LogP contribution in [0.25, 0.3) is 0 Å². The van der Waals surface area contributed by atoms with E-state index in [1.807, 2.05) is 0 Å². The lowest BCUT2D eigenvalue weighted by Crippen LogP contribution is -2.47. The number of likely N-dealkylation sites (tertiary alicyclic amines) is 1. The second-order valence-electron chi connectivity index (χ2n) is 5.75. The molecule has 0 bridgehead atoms. The van der Waals surface area contributed by atoms with Crippen LogP contribution < -0.4 is 5.32 Å².